The van der Waals surface area contributed by atoms with Crippen LogP contribution in [0.5, 0.6) is 0 Å². The molecule has 0 amide bonds. The molecular formula is C14H22ClN. The fourth-order valence-corrected chi connectivity index (χ4v) is 2.33. The molecule has 0 radical (unpaired) electrons. The Kier molecular flexibility index (Phi) is 4.82. The summed E-state index contributed by atoms with van der Waals surface area (Å²) in [6, 6.07) is 4.20. The van der Waals surface area contributed by atoms with Gasteiger partial charge >= 0.3 is 0 Å². The van der Waals surface area contributed by atoms with Crippen LogP contribution < -0.4 is 5.32 Å². The molecule has 90 valence electrons. The summed E-state index contributed by atoms with van der Waals surface area (Å²) in [5.41, 5.74) is 4.15. The van der Waals surface area contributed by atoms with Gasteiger partial charge in [0.05, 0.1) is 0 Å². The van der Waals surface area contributed by atoms with Gasteiger partial charge in [-0.2, -0.15) is 0 Å². The number of hydrogen-bond acceptors (Lipinski definition) is 1. The zero-order valence-electron chi connectivity index (χ0n) is 10.9. The van der Waals surface area contributed by atoms with E-state index in [9.17, 15) is 0 Å². The average molecular weight is 240 g/mol. The predicted molar refractivity (Wildman–Crippen MR) is 72.4 cm³/mol. The lowest BCUT2D eigenvalue weighted by Gasteiger charge is -2.20. The van der Waals surface area contributed by atoms with Crippen molar-refractivity contribution in [1.82, 2.24) is 5.32 Å². The van der Waals surface area contributed by atoms with Crippen molar-refractivity contribution in [3.8, 4) is 0 Å². The highest BCUT2D eigenvalue weighted by molar-refractivity contribution is 6.30. The van der Waals surface area contributed by atoms with Gasteiger partial charge < -0.3 is 5.32 Å². The van der Waals surface area contributed by atoms with Crippen LogP contribution in [0, 0.1) is 0 Å². The van der Waals surface area contributed by atoms with Crippen LogP contribution >= 0.6 is 11.6 Å². The molecule has 2 heteroatoms. The fraction of sp³-hybridized carbons (Fsp3) is 0.571. The standard InChI is InChI=1S/C14H22ClN/c1-9(2)12-6-11(15)7-13(10(3)4)14(12)8-16-5/h6-7,9-10,16H,8H2,1-5H3. The first-order valence-corrected chi connectivity index (χ1v) is 6.32. The molecule has 0 atom stereocenters. The Bertz CT molecular complexity index is 327. The zero-order valence-corrected chi connectivity index (χ0v) is 11.7. The first-order chi connectivity index (χ1) is 7.47. The fourth-order valence-electron chi connectivity index (χ4n) is 2.09. The Labute approximate surface area is 104 Å². The smallest absolute Gasteiger partial charge is 0.0411 e. The van der Waals surface area contributed by atoms with Crippen LogP contribution in [0.4, 0.5) is 0 Å². The minimum atomic E-state index is 0.513. The molecule has 0 spiro atoms. The Morgan fingerprint density at radius 2 is 1.50 bits per heavy atom. The highest BCUT2D eigenvalue weighted by Gasteiger charge is 2.14. The SMILES string of the molecule is CNCc1c(C(C)C)cc(Cl)cc1C(C)C. The Hall–Kier alpha value is -0.530. The summed E-state index contributed by atoms with van der Waals surface area (Å²) in [6.45, 7) is 9.78. The highest BCUT2D eigenvalue weighted by Crippen LogP contribution is 2.31. The molecule has 16 heavy (non-hydrogen) atoms. The molecule has 0 bridgehead atoms. The lowest BCUT2D eigenvalue weighted by Crippen LogP contribution is -2.12. The molecule has 1 aromatic rings. The first kappa shape index (κ1) is 13.5. The number of nitrogens with one attached hydrogen (secondary N) is 1. The van der Waals surface area contributed by atoms with E-state index in [4.69, 9.17) is 11.6 Å². The molecule has 1 rings (SSSR count). The number of benzene rings is 1. The molecule has 1 aromatic carbocycles. The largest absolute Gasteiger partial charge is 0.316 e. The summed E-state index contributed by atoms with van der Waals surface area (Å²) in [7, 11) is 1.99. The number of halogens is 1. The molecular weight excluding hydrogens is 218 g/mol. The van der Waals surface area contributed by atoms with Gasteiger partial charge in [-0.15, -0.1) is 0 Å². The van der Waals surface area contributed by atoms with Gasteiger partial charge in [0.15, 0.2) is 0 Å². The third-order valence-corrected chi connectivity index (χ3v) is 3.10. The predicted octanol–water partition coefficient (Wildman–Crippen LogP) is 4.31. The Morgan fingerprint density at radius 1 is 1.06 bits per heavy atom. The summed E-state index contributed by atoms with van der Waals surface area (Å²) in [4.78, 5) is 0. The van der Waals surface area contributed by atoms with Crippen molar-refractivity contribution in [1.29, 1.82) is 0 Å². The molecule has 0 aliphatic rings. The number of rotatable bonds is 4. The summed E-state index contributed by atoms with van der Waals surface area (Å²) in [5.74, 6) is 1.03. The molecule has 0 aliphatic heterocycles. The third-order valence-electron chi connectivity index (χ3n) is 2.88. The van der Waals surface area contributed by atoms with E-state index in [2.05, 4.69) is 45.1 Å². The number of hydrogen-bond donors (Lipinski definition) is 1. The van der Waals surface area contributed by atoms with Gasteiger partial charge in [0, 0.05) is 11.6 Å². The average Bonchev–Trinajstić information content (AvgIpc) is 2.19. The lowest BCUT2D eigenvalue weighted by atomic mass is 9.88. The van der Waals surface area contributed by atoms with Gasteiger partial charge in [0.25, 0.3) is 0 Å². The van der Waals surface area contributed by atoms with Crippen molar-refractivity contribution in [2.45, 2.75) is 46.1 Å². The molecule has 1 N–H and O–H groups in total. The summed E-state index contributed by atoms with van der Waals surface area (Å²) in [5, 5.41) is 4.10. The maximum absolute atomic E-state index is 6.19. The second-order valence-corrected chi connectivity index (χ2v) is 5.34. The first-order valence-electron chi connectivity index (χ1n) is 5.94. The summed E-state index contributed by atoms with van der Waals surface area (Å²) in [6.07, 6.45) is 0. The second-order valence-electron chi connectivity index (χ2n) is 4.90. The topological polar surface area (TPSA) is 12.0 Å². The van der Waals surface area contributed by atoms with E-state index < -0.39 is 0 Å². The molecule has 0 saturated heterocycles. The van der Waals surface area contributed by atoms with Crippen LogP contribution in [0.25, 0.3) is 0 Å². The Morgan fingerprint density at radius 3 is 1.81 bits per heavy atom. The maximum atomic E-state index is 6.19. The van der Waals surface area contributed by atoms with Crippen LogP contribution in [-0.2, 0) is 6.54 Å². The normalized spacial score (nSPS) is 11.5. The quantitative estimate of drug-likeness (QED) is 0.826. The lowest BCUT2D eigenvalue weighted by molar-refractivity contribution is 0.742. The van der Waals surface area contributed by atoms with Crippen LogP contribution in [-0.4, -0.2) is 7.05 Å². The summed E-state index contributed by atoms with van der Waals surface area (Å²) < 4.78 is 0. The molecule has 0 aliphatic carbocycles. The monoisotopic (exact) mass is 239 g/mol. The summed E-state index contributed by atoms with van der Waals surface area (Å²) >= 11 is 6.19. The zero-order chi connectivity index (χ0) is 12.3. The molecule has 0 heterocycles. The van der Waals surface area contributed by atoms with Crippen molar-refractivity contribution in [2.24, 2.45) is 0 Å². The van der Waals surface area contributed by atoms with E-state index in [0.29, 0.717) is 11.8 Å². The minimum Gasteiger partial charge on any atom is -0.316 e. The van der Waals surface area contributed by atoms with Crippen LogP contribution in [0.15, 0.2) is 12.1 Å². The van der Waals surface area contributed by atoms with Gasteiger partial charge in [-0.3, -0.25) is 0 Å². The van der Waals surface area contributed by atoms with E-state index in [1.807, 2.05) is 7.05 Å². The van der Waals surface area contributed by atoms with Crippen molar-refractivity contribution in [3.05, 3.63) is 33.8 Å². The van der Waals surface area contributed by atoms with E-state index in [1.54, 1.807) is 0 Å². The van der Waals surface area contributed by atoms with Gasteiger partial charge in [0.2, 0.25) is 0 Å². The van der Waals surface area contributed by atoms with Gasteiger partial charge in [-0.1, -0.05) is 39.3 Å². The van der Waals surface area contributed by atoms with Crippen LogP contribution in [0.1, 0.15) is 56.2 Å². The third kappa shape index (κ3) is 2.99. The van der Waals surface area contributed by atoms with E-state index in [0.717, 1.165) is 11.6 Å². The molecule has 0 aromatic heterocycles. The van der Waals surface area contributed by atoms with Gasteiger partial charge in [-0.25, -0.2) is 0 Å². The second kappa shape index (κ2) is 5.70. The molecule has 1 nitrogen and oxygen atoms in total. The van der Waals surface area contributed by atoms with Gasteiger partial charge in [-0.05, 0) is 47.7 Å². The van der Waals surface area contributed by atoms with Crippen molar-refractivity contribution < 1.29 is 0 Å². The van der Waals surface area contributed by atoms with E-state index in [1.165, 1.54) is 16.7 Å². The van der Waals surface area contributed by atoms with E-state index in [-0.39, 0.29) is 0 Å². The van der Waals surface area contributed by atoms with E-state index >= 15 is 0 Å². The van der Waals surface area contributed by atoms with Crippen molar-refractivity contribution in [3.63, 3.8) is 0 Å². The van der Waals surface area contributed by atoms with Crippen LogP contribution in [0.2, 0.25) is 5.02 Å². The van der Waals surface area contributed by atoms with Crippen molar-refractivity contribution in [2.75, 3.05) is 7.05 Å². The molecule has 0 saturated carbocycles. The highest BCUT2D eigenvalue weighted by atomic mass is 35.5. The van der Waals surface area contributed by atoms with Gasteiger partial charge in [0.1, 0.15) is 0 Å². The maximum Gasteiger partial charge on any atom is 0.0411 e. The van der Waals surface area contributed by atoms with Crippen LogP contribution in [0.3, 0.4) is 0 Å². The minimum absolute atomic E-state index is 0.513. The van der Waals surface area contributed by atoms with Crippen molar-refractivity contribution >= 4 is 11.6 Å². The molecule has 0 unspecified atom stereocenters. The Balaban J connectivity index is 3.35. The molecule has 0 fully saturated rings.